The highest BCUT2D eigenvalue weighted by molar-refractivity contribution is 7.97. The summed E-state index contributed by atoms with van der Waals surface area (Å²) in [5, 5.41) is 13.4. The number of H-pyrrole nitrogens is 1. The third kappa shape index (κ3) is 4.93. The van der Waals surface area contributed by atoms with Gasteiger partial charge in [-0.25, -0.2) is 9.78 Å². The van der Waals surface area contributed by atoms with Crippen LogP contribution < -0.4 is 10.6 Å². The topological polar surface area (TPSA) is 117 Å². The van der Waals surface area contributed by atoms with Crippen LogP contribution in [0.15, 0.2) is 47.6 Å². The van der Waals surface area contributed by atoms with Gasteiger partial charge in [-0.15, -0.1) is 0 Å². The van der Waals surface area contributed by atoms with E-state index in [1.165, 1.54) is 11.9 Å². The third-order valence-corrected chi connectivity index (χ3v) is 6.29. The number of hydrogen-bond donors (Lipinski definition) is 3. The number of carbonyl (C=O) groups excluding carboxylic acids is 2. The zero-order valence-corrected chi connectivity index (χ0v) is 19.7. The second-order valence-electron chi connectivity index (χ2n) is 8.16. The molecule has 5 rings (SSSR count). The molecule has 1 saturated carbocycles. The maximum atomic E-state index is 12.3. The zero-order chi connectivity index (χ0) is 23.7. The summed E-state index contributed by atoms with van der Waals surface area (Å²) in [6.45, 7) is 4.46. The molecule has 34 heavy (non-hydrogen) atoms. The number of nitrogens with zero attached hydrogens (tertiary/aromatic N) is 4. The van der Waals surface area contributed by atoms with E-state index >= 15 is 0 Å². The minimum absolute atomic E-state index is 0.0907. The van der Waals surface area contributed by atoms with Gasteiger partial charge in [-0.1, -0.05) is 0 Å². The van der Waals surface area contributed by atoms with Crippen molar-refractivity contribution in [3.8, 4) is 0 Å². The van der Waals surface area contributed by atoms with Crippen molar-refractivity contribution in [1.82, 2.24) is 24.1 Å². The van der Waals surface area contributed by atoms with Gasteiger partial charge in [-0.2, -0.15) is 5.10 Å². The molecule has 2 aromatic heterocycles. The minimum atomic E-state index is -0.456. The van der Waals surface area contributed by atoms with Crippen molar-refractivity contribution in [2.75, 3.05) is 17.2 Å². The monoisotopic (exact) mass is 479 g/mol. The van der Waals surface area contributed by atoms with Crippen LogP contribution >= 0.6 is 11.9 Å². The number of aromatic amines is 1. The van der Waals surface area contributed by atoms with Gasteiger partial charge >= 0.3 is 5.97 Å². The summed E-state index contributed by atoms with van der Waals surface area (Å²) in [6, 6.07) is 9.64. The number of fused-ring (bicyclic) bond motifs is 1. The maximum absolute atomic E-state index is 12.3. The Morgan fingerprint density at radius 1 is 1.26 bits per heavy atom. The number of carbonyl (C=O) groups is 2. The van der Waals surface area contributed by atoms with Gasteiger partial charge in [0, 0.05) is 34.5 Å². The molecule has 0 spiro atoms. The van der Waals surface area contributed by atoms with Crippen molar-refractivity contribution in [3.63, 3.8) is 0 Å². The molecule has 0 bridgehead atoms. The van der Waals surface area contributed by atoms with Crippen LogP contribution in [0.1, 0.15) is 41.8 Å². The molecule has 10 nitrogen and oxygen atoms in total. The number of rotatable bonds is 8. The first-order valence-corrected chi connectivity index (χ1v) is 11.9. The number of imidazole rings is 1. The number of ether oxygens (including phenoxy) is 1. The van der Waals surface area contributed by atoms with E-state index in [-0.39, 0.29) is 24.1 Å². The lowest BCUT2D eigenvalue weighted by molar-refractivity contribution is -0.117. The highest BCUT2D eigenvalue weighted by atomic mass is 32.2. The van der Waals surface area contributed by atoms with Gasteiger partial charge in [0.1, 0.15) is 11.6 Å². The molecular formula is C23H25N7O3S. The predicted octanol–water partition coefficient (Wildman–Crippen LogP) is 3.83. The molecule has 176 valence electrons. The Hall–Kier alpha value is -3.73. The Labute approximate surface area is 200 Å². The zero-order valence-electron chi connectivity index (χ0n) is 18.9. The highest BCUT2D eigenvalue weighted by Gasteiger charge is 2.29. The molecule has 11 heteroatoms. The summed E-state index contributed by atoms with van der Waals surface area (Å²) >= 11 is 1.53. The molecule has 2 aliphatic rings. The quantitative estimate of drug-likeness (QED) is 0.330. The SMILES string of the molecule is CCOC(=O)c1cn2c(n1)CN(Sc1ccc(NC(=O)C3CC3)cc1)C=C2Nc1cc(C)[nH]n1. The summed E-state index contributed by atoms with van der Waals surface area (Å²) in [5.41, 5.74) is 1.98. The summed E-state index contributed by atoms with van der Waals surface area (Å²) in [6.07, 6.45) is 5.57. The van der Waals surface area contributed by atoms with E-state index < -0.39 is 5.97 Å². The second-order valence-corrected chi connectivity index (χ2v) is 9.29. The predicted molar refractivity (Wildman–Crippen MR) is 129 cm³/mol. The lowest BCUT2D eigenvalue weighted by Crippen LogP contribution is -2.23. The number of nitrogens with one attached hydrogen (secondary N) is 3. The van der Waals surface area contributed by atoms with E-state index in [2.05, 4.69) is 25.8 Å². The standard InChI is InChI=1S/C23H25N7O3S/c1-3-33-23(32)18-11-30-20(25-18)12-29(13-21(30)26-19-10-14(2)27-28-19)34-17-8-6-16(7-9-17)24-22(31)15-4-5-15/h6-11,13,15H,3-5,12H2,1-2H3,(H,24,31)(H2,26,27,28). The molecule has 3 heterocycles. The van der Waals surface area contributed by atoms with Crippen molar-refractivity contribution in [2.24, 2.45) is 5.92 Å². The molecular weight excluding hydrogens is 454 g/mol. The van der Waals surface area contributed by atoms with Crippen LogP contribution in [0, 0.1) is 12.8 Å². The van der Waals surface area contributed by atoms with Crippen molar-refractivity contribution in [1.29, 1.82) is 0 Å². The van der Waals surface area contributed by atoms with E-state index in [0.717, 1.165) is 29.1 Å². The van der Waals surface area contributed by atoms with Crippen LogP contribution in [0.3, 0.4) is 0 Å². The molecule has 1 fully saturated rings. The molecule has 1 aliphatic carbocycles. The molecule has 0 atom stereocenters. The first-order chi connectivity index (χ1) is 16.5. The molecule has 1 aliphatic heterocycles. The first-order valence-electron chi connectivity index (χ1n) is 11.1. The fourth-order valence-electron chi connectivity index (χ4n) is 3.51. The average Bonchev–Trinajstić information content (AvgIpc) is 3.46. The second kappa shape index (κ2) is 9.26. The number of benzene rings is 1. The summed E-state index contributed by atoms with van der Waals surface area (Å²) in [4.78, 5) is 29.7. The largest absolute Gasteiger partial charge is 0.461 e. The maximum Gasteiger partial charge on any atom is 0.358 e. The third-order valence-electron chi connectivity index (χ3n) is 5.34. The van der Waals surface area contributed by atoms with E-state index in [0.29, 0.717) is 24.0 Å². The first kappa shape index (κ1) is 22.1. The van der Waals surface area contributed by atoms with Gasteiger partial charge in [0.2, 0.25) is 5.91 Å². The highest BCUT2D eigenvalue weighted by Crippen LogP contribution is 2.33. The fraction of sp³-hybridized carbons (Fsp3) is 0.304. The number of amides is 1. The van der Waals surface area contributed by atoms with Crippen LogP contribution in [0.5, 0.6) is 0 Å². The van der Waals surface area contributed by atoms with E-state index in [1.54, 1.807) is 13.1 Å². The minimum Gasteiger partial charge on any atom is -0.461 e. The Kier molecular flexibility index (Phi) is 6.01. The molecule has 0 unspecified atom stereocenters. The molecule has 1 aromatic carbocycles. The van der Waals surface area contributed by atoms with E-state index in [1.807, 2.05) is 52.3 Å². The van der Waals surface area contributed by atoms with Gasteiger partial charge in [0.15, 0.2) is 11.5 Å². The van der Waals surface area contributed by atoms with E-state index in [4.69, 9.17) is 4.74 Å². The molecule has 3 N–H and O–H groups in total. The van der Waals surface area contributed by atoms with E-state index in [9.17, 15) is 9.59 Å². The van der Waals surface area contributed by atoms with Crippen LogP contribution in [0.2, 0.25) is 0 Å². The van der Waals surface area contributed by atoms with Gasteiger partial charge < -0.3 is 19.7 Å². The van der Waals surface area contributed by atoms with Crippen molar-refractivity contribution in [2.45, 2.75) is 38.1 Å². The number of esters is 1. The molecule has 3 aromatic rings. The van der Waals surface area contributed by atoms with Crippen LogP contribution in [0.4, 0.5) is 11.5 Å². The van der Waals surface area contributed by atoms with Gasteiger partial charge in [0.25, 0.3) is 0 Å². The van der Waals surface area contributed by atoms with Crippen molar-refractivity contribution >= 4 is 41.2 Å². The van der Waals surface area contributed by atoms with Crippen LogP contribution in [0.25, 0.3) is 5.82 Å². The number of hydrogen-bond acceptors (Lipinski definition) is 8. The average molecular weight is 480 g/mol. The van der Waals surface area contributed by atoms with Gasteiger partial charge in [-0.3, -0.25) is 14.5 Å². The number of aryl methyl sites for hydroxylation is 1. The molecule has 0 radical (unpaired) electrons. The van der Waals surface area contributed by atoms with Crippen molar-refractivity contribution in [3.05, 3.63) is 59.9 Å². The Morgan fingerprint density at radius 2 is 2.06 bits per heavy atom. The molecule has 1 amide bonds. The summed E-state index contributed by atoms with van der Waals surface area (Å²) < 4.78 is 8.98. The Morgan fingerprint density at radius 3 is 2.74 bits per heavy atom. The normalized spacial score (nSPS) is 14.9. The Bertz CT molecular complexity index is 1240. The van der Waals surface area contributed by atoms with Gasteiger partial charge in [0.05, 0.1) is 19.4 Å². The lowest BCUT2D eigenvalue weighted by Gasteiger charge is -2.26. The number of aromatic nitrogens is 4. The smallest absolute Gasteiger partial charge is 0.358 e. The fourth-order valence-corrected chi connectivity index (χ4v) is 4.38. The Balaban J connectivity index is 1.35. The summed E-state index contributed by atoms with van der Waals surface area (Å²) in [5.74, 6) is 1.86. The van der Waals surface area contributed by atoms with Gasteiger partial charge in [-0.05, 0) is 62.9 Å². The summed E-state index contributed by atoms with van der Waals surface area (Å²) in [7, 11) is 0. The van der Waals surface area contributed by atoms with Crippen LogP contribution in [-0.4, -0.2) is 42.5 Å². The van der Waals surface area contributed by atoms with Crippen LogP contribution in [-0.2, 0) is 16.1 Å². The molecule has 0 saturated heterocycles. The van der Waals surface area contributed by atoms with Crippen molar-refractivity contribution < 1.29 is 14.3 Å². The number of anilines is 2. The lowest BCUT2D eigenvalue weighted by atomic mass is 10.3.